The minimum Gasteiger partial charge on any atom is -0.369 e. The van der Waals surface area contributed by atoms with Crippen molar-refractivity contribution < 1.29 is 26.1 Å². The van der Waals surface area contributed by atoms with E-state index in [1.165, 1.54) is 12.1 Å². The van der Waals surface area contributed by atoms with E-state index in [0.29, 0.717) is 0 Å². The molecule has 3 N–H and O–H groups in total. The summed E-state index contributed by atoms with van der Waals surface area (Å²) in [6.07, 6.45) is 0. The molecular weight excluding hydrogens is 270 g/mol. The van der Waals surface area contributed by atoms with Crippen molar-refractivity contribution in [2.24, 2.45) is 5.73 Å². The zero-order valence-electron chi connectivity index (χ0n) is 8.52. The summed E-state index contributed by atoms with van der Waals surface area (Å²) in [5.41, 5.74) is 3.54. The Labute approximate surface area is 99.3 Å². The van der Waals surface area contributed by atoms with E-state index in [0.717, 1.165) is 0 Å². The van der Waals surface area contributed by atoms with E-state index < -0.39 is 31.2 Å². The largest absolute Gasteiger partial charge is 0.372 e. The molecule has 0 amide bonds. The van der Waals surface area contributed by atoms with Gasteiger partial charge in [-0.3, -0.25) is 9.92 Å². The molecule has 7 nitrogen and oxygen atoms in total. The number of nitrogens with two attached hydrogens (primary N) is 1. The molecule has 17 heavy (non-hydrogen) atoms. The summed E-state index contributed by atoms with van der Waals surface area (Å²) >= 11 is 0. The van der Waals surface area contributed by atoms with Crippen LogP contribution in [0, 0.1) is 0 Å². The lowest BCUT2D eigenvalue weighted by molar-refractivity contribution is -0.000895. The molecule has 0 saturated carbocycles. The maximum Gasteiger partial charge on any atom is 0.372 e. The first kappa shape index (κ1) is 14.1. The van der Waals surface area contributed by atoms with Crippen molar-refractivity contribution in [2.45, 2.75) is 5.72 Å². The molecule has 1 aromatic carbocycles. The molecule has 0 aliphatic carbocycles. The van der Waals surface area contributed by atoms with E-state index in [9.17, 15) is 21.9 Å². The average Bonchev–Trinajstić information content (AvgIpc) is 2.28. The fourth-order valence-corrected chi connectivity index (χ4v) is 1.85. The highest BCUT2D eigenvalue weighted by molar-refractivity contribution is 8.56. The van der Waals surface area contributed by atoms with Gasteiger partial charge in [-0.15, -0.1) is 0 Å². The van der Waals surface area contributed by atoms with Crippen LogP contribution in [0.25, 0.3) is 0 Å². The lowest BCUT2D eigenvalue weighted by atomic mass is 10.1. The molecule has 0 saturated heterocycles. The van der Waals surface area contributed by atoms with Gasteiger partial charge in [-0.1, -0.05) is 30.3 Å². The van der Waals surface area contributed by atoms with Crippen LogP contribution in [0.15, 0.2) is 30.3 Å². The summed E-state index contributed by atoms with van der Waals surface area (Å²) < 4.78 is 46.3. The van der Waals surface area contributed by atoms with Crippen LogP contribution in [0.1, 0.15) is 5.56 Å². The third-order valence-corrected chi connectivity index (χ3v) is 4.08. The minimum absolute atomic E-state index is 0.205. The van der Waals surface area contributed by atoms with Crippen LogP contribution in [-0.4, -0.2) is 28.5 Å². The molecule has 1 aromatic rings. The van der Waals surface area contributed by atoms with Crippen molar-refractivity contribution in [3.63, 3.8) is 0 Å². The van der Waals surface area contributed by atoms with Gasteiger partial charge in [-0.25, -0.2) is 8.42 Å². The number of hydrogen-bond donors (Lipinski definition) is 3. The van der Waals surface area contributed by atoms with Gasteiger partial charge in [0.25, 0.3) is 9.74 Å². The fourth-order valence-electron chi connectivity index (χ4n) is 1.02. The van der Waals surface area contributed by atoms with Crippen molar-refractivity contribution in [3.05, 3.63) is 35.9 Å². The predicted octanol–water partition coefficient (Wildman–Crippen LogP) is -1.34. The monoisotopic (exact) mass is 281 g/mol. The Hall–Kier alpha value is -1.00. The Kier molecular flexibility index (Phi) is 4.22. The van der Waals surface area contributed by atoms with Gasteiger partial charge in [0, 0.05) is 5.56 Å². The zero-order valence-corrected chi connectivity index (χ0v) is 10.2. The average molecular weight is 281 g/mol. The van der Waals surface area contributed by atoms with E-state index in [2.05, 4.69) is 4.18 Å². The number of aliphatic hydroxyl groups is 1. The molecular formula is C8H11NO6S2. The highest BCUT2D eigenvalue weighted by atomic mass is 33.2. The van der Waals surface area contributed by atoms with Gasteiger partial charge in [-0.2, -0.15) is 8.42 Å². The Morgan fingerprint density at radius 2 is 1.82 bits per heavy atom. The van der Waals surface area contributed by atoms with Crippen molar-refractivity contribution in [1.82, 2.24) is 0 Å². The molecule has 9 heteroatoms. The van der Waals surface area contributed by atoms with E-state index in [1.54, 1.807) is 18.2 Å². The molecule has 96 valence electrons. The van der Waals surface area contributed by atoms with Gasteiger partial charge >= 0.3 is 9.15 Å². The zero-order chi connectivity index (χ0) is 13.1. The standard InChI is InChI=1S/C8H11NO6S2/c9-8(10,7-4-2-1-3-5-7)6-15-17(13,14)16(11)12/h1-5,10,16H,6,9H2. The van der Waals surface area contributed by atoms with Crippen LogP contribution >= 0.6 is 0 Å². The molecule has 0 bridgehead atoms. The molecule has 0 aliphatic rings. The summed E-state index contributed by atoms with van der Waals surface area (Å²) in [6.45, 7) is -0.886. The Morgan fingerprint density at radius 3 is 2.29 bits per heavy atom. The first-order chi connectivity index (χ1) is 7.76. The van der Waals surface area contributed by atoms with Gasteiger partial charge in [0.15, 0.2) is 5.72 Å². The molecule has 1 atom stereocenters. The second kappa shape index (κ2) is 5.10. The maximum atomic E-state index is 10.8. The minimum atomic E-state index is -4.73. The van der Waals surface area contributed by atoms with Crippen LogP contribution in [0.3, 0.4) is 0 Å². The first-order valence-corrected chi connectivity index (χ1v) is 7.55. The second-order valence-electron chi connectivity index (χ2n) is 3.20. The Bertz CT molecular complexity index is 541. The number of benzene rings is 1. The van der Waals surface area contributed by atoms with Gasteiger partial charge in [0.05, 0.1) is 0 Å². The summed E-state index contributed by atoms with van der Waals surface area (Å²) in [6, 6.07) is 7.73. The van der Waals surface area contributed by atoms with E-state index in [-0.39, 0.29) is 5.56 Å². The van der Waals surface area contributed by atoms with Crippen molar-refractivity contribution in [1.29, 1.82) is 0 Å². The molecule has 0 radical (unpaired) electrons. The Balaban J connectivity index is 2.83. The molecule has 1 rings (SSSR count). The highest BCUT2D eigenvalue weighted by Crippen LogP contribution is 2.16. The summed E-state index contributed by atoms with van der Waals surface area (Å²) in [5, 5.41) is 9.72. The molecule has 0 spiro atoms. The molecule has 0 fully saturated rings. The third-order valence-electron chi connectivity index (χ3n) is 1.88. The Morgan fingerprint density at radius 1 is 1.29 bits per heavy atom. The predicted molar refractivity (Wildman–Crippen MR) is 59.7 cm³/mol. The second-order valence-corrected chi connectivity index (χ2v) is 6.98. The molecule has 0 aromatic heterocycles. The first-order valence-electron chi connectivity index (χ1n) is 4.36. The molecule has 0 aliphatic heterocycles. The number of hydrogen-bond acceptors (Lipinski definition) is 7. The number of rotatable bonds is 5. The normalized spacial score (nSPS) is 15.7. The van der Waals surface area contributed by atoms with Crippen LogP contribution in [-0.2, 0) is 28.8 Å². The molecule has 1 unspecified atom stereocenters. The third kappa shape index (κ3) is 3.75. The van der Waals surface area contributed by atoms with Gasteiger partial charge in [0.2, 0.25) is 0 Å². The SMILES string of the molecule is NC(O)(COS(=O)(=O)[SH](=O)=O)c1ccccc1. The number of thiol groups is 1. The summed E-state index contributed by atoms with van der Waals surface area (Å²) in [4.78, 5) is 0. The van der Waals surface area contributed by atoms with Crippen molar-refractivity contribution in [3.8, 4) is 0 Å². The lowest BCUT2D eigenvalue weighted by Gasteiger charge is -2.22. The van der Waals surface area contributed by atoms with Gasteiger partial charge < -0.3 is 5.11 Å². The summed E-state index contributed by atoms with van der Waals surface area (Å²) in [5.74, 6) is 0. The van der Waals surface area contributed by atoms with Gasteiger partial charge in [0.1, 0.15) is 6.61 Å². The molecule has 0 heterocycles. The van der Waals surface area contributed by atoms with E-state index in [1.807, 2.05) is 0 Å². The lowest BCUT2D eigenvalue weighted by Crippen LogP contribution is -2.41. The van der Waals surface area contributed by atoms with Crippen LogP contribution < -0.4 is 5.73 Å². The maximum absolute atomic E-state index is 10.8. The highest BCUT2D eigenvalue weighted by Gasteiger charge is 2.28. The van der Waals surface area contributed by atoms with Crippen LogP contribution in [0.4, 0.5) is 0 Å². The topological polar surface area (TPSA) is 124 Å². The van der Waals surface area contributed by atoms with Crippen molar-refractivity contribution in [2.75, 3.05) is 6.61 Å². The van der Waals surface area contributed by atoms with Gasteiger partial charge in [-0.05, 0) is 0 Å². The summed E-state index contributed by atoms with van der Waals surface area (Å²) in [7, 11) is -8.51. The van der Waals surface area contributed by atoms with E-state index >= 15 is 0 Å². The van der Waals surface area contributed by atoms with Crippen LogP contribution in [0.5, 0.6) is 0 Å². The smallest absolute Gasteiger partial charge is 0.369 e. The van der Waals surface area contributed by atoms with Crippen molar-refractivity contribution >= 4 is 18.9 Å². The quantitative estimate of drug-likeness (QED) is 0.347. The van der Waals surface area contributed by atoms with Crippen LogP contribution in [0.2, 0.25) is 0 Å². The van der Waals surface area contributed by atoms with E-state index in [4.69, 9.17) is 5.73 Å². The fraction of sp³-hybridized carbons (Fsp3) is 0.250.